The van der Waals surface area contributed by atoms with Crippen LogP contribution in [-0.2, 0) is 4.79 Å². The van der Waals surface area contributed by atoms with Crippen LogP contribution in [0.4, 0.5) is 0 Å². The van der Waals surface area contributed by atoms with Gasteiger partial charge in [-0.2, -0.15) is 0 Å². The summed E-state index contributed by atoms with van der Waals surface area (Å²) in [6.07, 6.45) is 0.607. The first-order valence-corrected chi connectivity index (χ1v) is 6.22. The van der Waals surface area contributed by atoms with Crippen LogP contribution in [0.1, 0.15) is 17.2 Å². The van der Waals surface area contributed by atoms with E-state index in [0.717, 1.165) is 11.1 Å². The zero-order valence-electron chi connectivity index (χ0n) is 10.8. The fraction of sp³-hybridized carbons (Fsp3) is 0.188. The predicted molar refractivity (Wildman–Crippen MR) is 75.6 cm³/mol. The summed E-state index contributed by atoms with van der Waals surface area (Å²) < 4.78 is 0. The van der Waals surface area contributed by atoms with Crippen molar-refractivity contribution in [2.75, 3.05) is 6.61 Å². The SMILES string of the molecule is Cc1ccccc1-c1ccc(C(CO)NC=O)cc1. The summed E-state index contributed by atoms with van der Waals surface area (Å²) in [5.41, 5.74) is 4.44. The first kappa shape index (κ1) is 13.3. The van der Waals surface area contributed by atoms with Crippen LogP contribution in [0, 0.1) is 6.92 Å². The van der Waals surface area contributed by atoms with E-state index in [1.807, 2.05) is 36.4 Å². The molecule has 0 radical (unpaired) electrons. The largest absolute Gasteiger partial charge is 0.394 e. The third kappa shape index (κ3) is 3.01. The molecule has 3 nitrogen and oxygen atoms in total. The van der Waals surface area contributed by atoms with Crippen LogP contribution in [0.25, 0.3) is 11.1 Å². The van der Waals surface area contributed by atoms with Crippen molar-refractivity contribution in [1.29, 1.82) is 0 Å². The number of hydrogen-bond donors (Lipinski definition) is 2. The molecule has 0 aliphatic carbocycles. The van der Waals surface area contributed by atoms with Crippen molar-refractivity contribution >= 4 is 6.41 Å². The second-order valence-electron chi connectivity index (χ2n) is 4.46. The van der Waals surface area contributed by atoms with E-state index in [2.05, 4.69) is 24.4 Å². The van der Waals surface area contributed by atoms with Crippen molar-refractivity contribution in [3.63, 3.8) is 0 Å². The van der Waals surface area contributed by atoms with Gasteiger partial charge in [-0.05, 0) is 29.2 Å². The number of amides is 1. The lowest BCUT2D eigenvalue weighted by molar-refractivity contribution is -0.110. The van der Waals surface area contributed by atoms with Gasteiger partial charge in [0.05, 0.1) is 12.6 Å². The first-order valence-electron chi connectivity index (χ1n) is 6.22. The summed E-state index contributed by atoms with van der Waals surface area (Å²) in [7, 11) is 0. The summed E-state index contributed by atoms with van der Waals surface area (Å²) in [6.45, 7) is 1.97. The number of carbonyl (C=O) groups is 1. The van der Waals surface area contributed by atoms with Crippen molar-refractivity contribution in [2.45, 2.75) is 13.0 Å². The highest BCUT2D eigenvalue weighted by atomic mass is 16.3. The molecule has 0 saturated carbocycles. The van der Waals surface area contributed by atoms with E-state index in [1.165, 1.54) is 11.1 Å². The van der Waals surface area contributed by atoms with E-state index in [0.29, 0.717) is 6.41 Å². The van der Waals surface area contributed by atoms with E-state index < -0.39 is 0 Å². The second kappa shape index (κ2) is 6.16. The van der Waals surface area contributed by atoms with Crippen molar-refractivity contribution in [3.05, 3.63) is 59.7 Å². The van der Waals surface area contributed by atoms with Crippen LogP contribution in [-0.4, -0.2) is 18.1 Å². The topological polar surface area (TPSA) is 49.3 Å². The minimum Gasteiger partial charge on any atom is -0.394 e. The molecular weight excluding hydrogens is 238 g/mol. The number of nitrogens with one attached hydrogen (secondary N) is 1. The first-order chi connectivity index (χ1) is 9.26. The standard InChI is InChI=1S/C16H17NO2/c1-12-4-2-3-5-15(12)13-6-8-14(9-7-13)16(10-18)17-11-19/h2-9,11,16,18H,10H2,1H3,(H,17,19). The maximum atomic E-state index is 10.5. The van der Waals surface area contributed by atoms with Crippen LogP contribution >= 0.6 is 0 Å². The maximum absolute atomic E-state index is 10.5. The zero-order chi connectivity index (χ0) is 13.7. The van der Waals surface area contributed by atoms with Crippen LogP contribution < -0.4 is 5.32 Å². The minimum atomic E-state index is -0.344. The molecule has 1 amide bonds. The Morgan fingerprint density at radius 1 is 1.16 bits per heavy atom. The Balaban J connectivity index is 2.28. The number of benzene rings is 2. The third-order valence-electron chi connectivity index (χ3n) is 3.22. The van der Waals surface area contributed by atoms with E-state index in [9.17, 15) is 9.90 Å². The quantitative estimate of drug-likeness (QED) is 0.806. The Bertz CT molecular complexity index is 549. The molecule has 0 bridgehead atoms. The molecule has 0 aromatic heterocycles. The van der Waals surface area contributed by atoms with Crippen LogP contribution in [0.2, 0.25) is 0 Å². The highest BCUT2D eigenvalue weighted by Crippen LogP contribution is 2.24. The van der Waals surface area contributed by atoms with Gasteiger partial charge < -0.3 is 10.4 Å². The lowest BCUT2D eigenvalue weighted by Crippen LogP contribution is -2.22. The number of aliphatic hydroxyl groups excluding tert-OH is 1. The zero-order valence-corrected chi connectivity index (χ0v) is 10.8. The highest BCUT2D eigenvalue weighted by Gasteiger charge is 2.09. The van der Waals surface area contributed by atoms with Gasteiger partial charge >= 0.3 is 0 Å². The second-order valence-corrected chi connectivity index (χ2v) is 4.46. The number of aryl methyl sites for hydroxylation is 1. The summed E-state index contributed by atoms with van der Waals surface area (Å²) in [6, 6.07) is 15.7. The molecular formula is C16H17NO2. The van der Waals surface area contributed by atoms with Gasteiger partial charge in [-0.3, -0.25) is 4.79 Å². The normalized spacial score (nSPS) is 11.9. The molecule has 0 aliphatic heterocycles. The number of carbonyl (C=O) groups excluding carboxylic acids is 1. The van der Waals surface area contributed by atoms with Gasteiger partial charge in [-0.25, -0.2) is 0 Å². The predicted octanol–water partition coefficient (Wildman–Crippen LogP) is 2.44. The van der Waals surface area contributed by atoms with Gasteiger partial charge in [0.15, 0.2) is 0 Å². The van der Waals surface area contributed by atoms with Crippen molar-refractivity contribution < 1.29 is 9.90 Å². The smallest absolute Gasteiger partial charge is 0.207 e. The number of hydrogen-bond acceptors (Lipinski definition) is 2. The van der Waals surface area contributed by atoms with E-state index in [1.54, 1.807) is 0 Å². The van der Waals surface area contributed by atoms with E-state index >= 15 is 0 Å². The third-order valence-corrected chi connectivity index (χ3v) is 3.22. The number of rotatable bonds is 5. The molecule has 0 saturated heterocycles. The Morgan fingerprint density at radius 3 is 2.42 bits per heavy atom. The van der Waals surface area contributed by atoms with Gasteiger partial charge in [-0.1, -0.05) is 48.5 Å². The Morgan fingerprint density at radius 2 is 1.84 bits per heavy atom. The molecule has 0 spiro atoms. The summed E-state index contributed by atoms with van der Waals surface area (Å²) in [5, 5.41) is 11.8. The van der Waals surface area contributed by atoms with Gasteiger partial charge in [0.25, 0.3) is 0 Å². The Hall–Kier alpha value is -2.13. The molecule has 2 aromatic rings. The molecule has 2 N–H and O–H groups in total. The molecule has 1 atom stereocenters. The van der Waals surface area contributed by atoms with Gasteiger partial charge in [0.2, 0.25) is 6.41 Å². The van der Waals surface area contributed by atoms with Gasteiger partial charge in [-0.15, -0.1) is 0 Å². The molecule has 19 heavy (non-hydrogen) atoms. The summed E-state index contributed by atoms with van der Waals surface area (Å²) >= 11 is 0. The fourth-order valence-corrected chi connectivity index (χ4v) is 2.13. The van der Waals surface area contributed by atoms with Crippen LogP contribution in [0.3, 0.4) is 0 Å². The molecule has 0 fully saturated rings. The maximum Gasteiger partial charge on any atom is 0.207 e. The van der Waals surface area contributed by atoms with Crippen LogP contribution in [0.15, 0.2) is 48.5 Å². The summed E-state index contributed by atoms with van der Waals surface area (Å²) in [4.78, 5) is 10.5. The summed E-state index contributed by atoms with van der Waals surface area (Å²) in [5.74, 6) is 0. The fourth-order valence-electron chi connectivity index (χ4n) is 2.13. The molecule has 2 aromatic carbocycles. The van der Waals surface area contributed by atoms with Gasteiger partial charge in [0, 0.05) is 0 Å². The number of aliphatic hydroxyl groups is 1. The van der Waals surface area contributed by atoms with Crippen LogP contribution in [0.5, 0.6) is 0 Å². The lowest BCUT2D eigenvalue weighted by atomic mass is 9.98. The molecule has 2 rings (SSSR count). The van der Waals surface area contributed by atoms with E-state index in [-0.39, 0.29) is 12.6 Å². The monoisotopic (exact) mass is 255 g/mol. The van der Waals surface area contributed by atoms with Gasteiger partial charge in [0.1, 0.15) is 0 Å². The Kier molecular flexibility index (Phi) is 4.31. The average Bonchev–Trinajstić information content (AvgIpc) is 2.46. The van der Waals surface area contributed by atoms with Crippen molar-refractivity contribution in [1.82, 2.24) is 5.32 Å². The van der Waals surface area contributed by atoms with E-state index in [4.69, 9.17) is 0 Å². The Labute approximate surface area is 112 Å². The molecule has 1 unspecified atom stereocenters. The molecule has 0 heterocycles. The minimum absolute atomic E-state index is 0.109. The molecule has 3 heteroatoms. The highest BCUT2D eigenvalue weighted by molar-refractivity contribution is 5.67. The molecule has 0 aliphatic rings. The van der Waals surface area contributed by atoms with Crippen molar-refractivity contribution in [2.24, 2.45) is 0 Å². The average molecular weight is 255 g/mol. The molecule has 98 valence electrons. The lowest BCUT2D eigenvalue weighted by Gasteiger charge is -2.14. The van der Waals surface area contributed by atoms with Crippen molar-refractivity contribution in [3.8, 4) is 11.1 Å².